The van der Waals surface area contributed by atoms with Crippen molar-refractivity contribution in [3.05, 3.63) is 35.4 Å². The van der Waals surface area contributed by atoms with Gasteiger partial charge in [0.05, 0.1) is 0 Å². The molecule has 13 heavy (non-hydrogen) atoms. The fraction of sp³-hybridized carbons (Fsp3) is 0.333. The Morgan fingerprint density at radius 2 is 1.85 bits per heavy atom. The molecule has 0 aliphatic heterocycles. The average Bonchev–Trinajstić information content (AvgIpc) is 2.08. The molecule has 1 rings (SSSR count). The lowest BCUT2D eigenvalue weighted by atomic mass is 10.1. The molecule has 0 aliphatic carbocycles. The van der Waals surface area contributed by atoms with Gasteiger partial charge in [0.1, 0.15) is 0 Å². The van der Waals surface area contributed by atoms with Crippen molar-refractivity contribution in [2.75, 3.05) is 11.9 Å². The normalized spacial score (nSPS) is 9.46. The number of allylic oxidation sites excluding steroid dienone is 1. The summed E-state index contributed by atoms with van der Waals surface area (Å²) in [7, 11) is 0. The zero-order chi connectivity index (χ0) is 9.68. The molecule has 0 unspecified atom stereocenters. The first-order chi connectivity index (χ1) is 6.22. The Morgan fingerprint density at radius 3 is 2.31 bits per heavy atom. The predicted molar refractivity (Wildman–Crippen MR) is 59.9 cm³/mol. The molecular weight excluding hydrogens is 158 g/mol. The van der Waals surface area contributed by atoms with Gasteiger partial charge in [-0.3, -0.25) is 0 Å². The molecule has 0 aliphatic rings. The van der Waals surface area contributed by atoms with Gasteiger partial charge in [0.15, 0.2) is 0 Å². The molecule has 0 bridgehead atoms. The summed E-state index contributed by atoms with van der Waals surface area (Å²) in [5, 5.41) is 3.27. The van der Waals surface area contributed by atoms with Crippen molar-refractivity contribution in [2.24, 2.45) is 0 Å². The van der Waals surface area contributed by atoms with E-state index < -0.39 is 0 Å². The molecule has 0 saturated heterocycles. The Kier molecular flexibility index (Phi) is 3.56. The number of anilines is 1. The van der Waals surface area contributed by atoms with Gasteiger partial charge < -0.3 is 5.32 Å². The van der Waals surface area contributed by atoms with Crippen LogP contribution >= 0.6 is 0 Å². The van der Waals surface area contributed by atoms with Crippen LogP contribution in [0.25, 0.3) is 6.08 Å². The summed E-state index contributed by atoms with van der Waals surface area (Å²) in [6.45, 7) is 7.29. The van der Waals surface area contributed by atoms with Gasteiger partial charge in [-0.05, 0) is 38.5 Å². The first-order valence-electron chi connectivity index (χ1n) is 4.71. The van der Waals surface area contributed by atoms with Gasteiger partial charge in [-0.1, -0.05) is 23.8 Å². The second-order valence-corrected chi connectivity index (χ2v) is 3.37. The Balaban J connectivity index is 2.75. The maximum absolute atomic E-state index is 3.27. The Bertz CT molecular complexity index is 278. The van der Waals surface area contributed by atoms with E-state index in [4.69, 9.17) is 0 Å². The fourth-order valence-electron chi connectivity index (χ4n) is 1.23. The number of rotatable bonds is 3. The molecule has 0 heterocycles. The molecule has 70 valence electrons. The zero-order valence-electron chi connectivity index (χ0n) is 8.59. The van der Waals surface area contributed by atoms with E-state index >= 15 is 0 Å². The van der Waals surface area contributed by atoms with Crippen LogP contribution in [0.15, 0.2) is 29.8 Å². The van der Waals surface area contributed by atoms with Crippen LogP contribution in [0, 0.1) is 0 Å². The maximum Gasteiger partial charge on any atom is 0.0340 e. The fourth-order valence-corrected chi connectivity index (χ4v) is 1.23. The van der Waals surface area contributed by atoms with E-state index in [0.29, 0.717) is 0 Å². The predicted octanol–water partition coefficient (Wildman–Crippen LogP) is 3.54. The van der Waals surface area contributed by atoms with Gasteiger partial charge in [-0.2, -0.15) is 0 Å². The lowest BCUT2D eigenvalue weighted by Gasteiger charge is -2.02. The van der Waals surface area contributed by atoms with Crippen molar-refractivity contribution < 1.29 is 0 Å². The lowest BCUT2D eigenvalue weighted by molar-refractivity contribution is 1.21. The summed E-state index contributed by atoms with van der Waals surface area (Å²) in [5.74, 6) is 0. The molecule has 0 atom stereocenters. The molecule has 0 spiro atoms. The van der Waals surface area contributed by atoms with Crippen LogP contribution in [-0.2, 0) is 0 Å². The van der Waals surface area contributed by atoms with Crippen molar-refractivity contribution in [1.29, 1.82) is 0 Å². The van der Waals surface area contributed by atoms with Crippen LogP contribution in [0.3, 0.4) is 0 Å². The van der Waals surface area contributed by atoms with Crippen molar-refractivity contribution >= 4 is 11.8 Å². The topological polar surface area (TPSA) is 12.0 Å². The van der Waals surface area contributed by atoms with Crippen LogP contribution in [0.1, 0.15) is 26.3 Å². The minimum absolute atomic E-state index is 0.974. The average molecular weight is 175 g/mol. The minimum atomic E-state index is 0.974. The highest BCUT2D eigenvalue weighted by Gasteiger charge is 1.89. The molecule has 1 nitrogen and oxygen atoms in total. The zero-order valence-corrected chi connectivity index (χ0v) is 8.59. The molecular formula is C12H17N. The van der Waals surface area contributed by atoms with E-state index in [1.165, 1.54) is 16.8 Å². The highest BCUT2D eigenvalue weighted by Crippen LogP contribution is 2.11. The van der Waals surface area contributed by atoms with E-state index in [9.17, 15) is 0 Å². The summed E-state index contributed by atoms with van der Waals surface area (Å²) < 4.78 is 0. The minimum Gasteiger partial charge on any atom is -0.385 e. The van der Waals surface area contributed by atoms with Gasteiger partial charge in [0, 0.05) is 12.2 Å². The first kappa shape index (κ1) is 9.85. The monoisotopic (exact) mass is 175 g/mol. The number of hydrogen-bond acceptors (Lipinski definition) is 1. The van der Waals surface area contributed by atoms with Crippen LogP contribution in [-0.4, -0.2) is 6.54 Å². The molecule has 1 N–H and O–H groups in total. The molecule has 0 amide bonds. The summed E-state index contributed by atoms with van der Waals surface area (Å²) in [6.07, 6.45) is 2.18. The number of hydrogen-bond donors (Lipinski definition) is 1. The first-order valence-corrected chi connectivity index (χ1v) is 4.71. The highest BCUT2D eigenvalue weighted by atomic mass is 14.8. The third-order valence-electron chi connectivity index (χ3n) is 1.75. The van der Waals surface area contributed by atoms with Gasteiger partial charge in [0.2, 0.25) is 0 Å². The van der Waals surface area contributed by atoms with Gasteiger partial charge in [-0.15, -0.1) is 0 Å². The van der Waals surface area contributed by atoms with E-state index in [1.54, 1.807) is 0 Å². The largest absolute Gasteiger partial charge is 0.385 e. The van der Waals surface area contributed by atoms with Crippen LogP contribution in [0.5, 0.6) is 0 Å². The van der Waals surface area contributed by atoms with E-state index in [2.05, 4.69) is 56.4 Å². The van der Waals surface area contributed by atoms with Crippen molar-refractivity contribution in [3.63, 3.8) is 0 Å². The second-order valence-electron chi connectivity index (χ2n) is 3.37. The smallest absolute Gasteiger partial charge is 0.0340 e. The van der Waals surface area contributed by atoms with Gasteiger partial charge in [0.25, 0.3) is 0 Å². The molecule has 0 aromatic heterocycles. The molecule has 1 aromatic rings. The maximum atomic E-state index is 3.27. The van der Waals surface area contributed by atoms with Crippen molar-refractivity contribution in [1.82, 2.24) is 0 Å². The van der Waals surface area contributed by atoms with E-state index in [1.807, 2.05) is 0 Å². The molecule has 0 saturated carbocycles. The second kappa shape index (κ2) is 4.70. The van der Waals surface area contributed by atoms with Crippen molar-refractivity contribution in [3.8, 4) is 0 Å². The molecule has 0 radical (unpaired) electrons. The van der Waals surface area contributed by atoms with Crippen LogP contribution < -0.4 is 5.32 Å². The van der Waals surface area contributed by atoms with Crippen molar-refractivity contribution in [2.45, 2.75) is 20.8 Å². The number of benzene rings is 1. The third-order valence-corrected chi connectivity index (χ3v) is 1.75. The summed E-state index contributed by atoms with van der Waals surface area (Å²) in [5.41, 5.74) is 3.78. The van der Waals surface area contributed by atoms with E-state index in [0.717, 1.165) is 6.54 Å². The summed E-state index contributed by atoms with van der Waals surface area (Å²) >= 11 is 0. The SMILES string of the molecule is CCNc1ccc(C=C(C)C)cc1. The Morgan fingerprint density at radius 1 is 1.23 bits per heavy atom. The Labute approximate surface area is 80.5 Å². The standard InChI is InChI=1S/C12H17N/c1-4-13-12-7-5-11(6-8-12)9-10(2)3/h5-9,13H,4H2,1-3H3. The van der Waals surface area contributed by atoms with Gasteiger partial charge >= 0.3 is 0 Å². The third kappa shape index (κ3) is 3.32. The summed E-state index contributed by atoms with van der Waals surface area (Å²) in [6, 6.07) is 8.48. The van der Waals surface area contributed by atoms with Crippen LogP contribution in [0.2, 0.25) is 0 Å². The number of nitrogens with one attached hydrogen (secondary N) is 1. The molecule has 1 heteroatoms. The van der Waals surface area contributed by atoms with E-state index in [-0.39, 0.29) is 0 Å². The lowest BCUT2D eigenvalue weighted by Crippen LogP contribution is -1.95. The summed E-state index contributed by atoms with van der Waals surface area (Å²) in [4.78, 5) is 0. The van der Waals surface area contributed by atoms with Crippen LogP contribution in [0.4, 0.5) is 5.69 Å². The Hall–Kier alpha value is -1.24. The molecule has 1 aromatic carbocycles. The highest BCUT2D eigenvalue weighted by molar-refractivity contribution is 5.56. The quantitative estimate of drug-likeness (QED) is 0.741. The molecule has 0 fully saturated rings. The van der Waals surface area contributed by atoms with Gasteiger partial charge in [-0.25, -0.2) is 0 Å².